The maximum atomic E-state index is 5.07. The fourth-order valence-corrected chi connectivity index (χ4v) is 4.63. The van der Waals surface area contributed by atoms with Gasteiger partial charge in [0, 0.05) is 28.2 Å². The number of thiocarbonyl (C=S) groups is 2. The van der Waals surface area contributed by atoms with E-state index in [2.05, 4.69) is 25.6 Å². The van der Waals surface area contributed by atoms with Gasteiger partial charge >= 0.3 is 0 Å². The molecule has 0 amide bonds. The lowest BCUT2D eigenvalue weighted by Crippen LogP contribution is -2.18. The number of rotatable bonds is 8. The summed E-state index contributed by atoms with van der Waals surface area (Å²) in [5.74, 6) is 2.77. The third kappa shape index (κ3) is 20.8. The van der Waals surface area contributed by atoms with E-state index >= 15 is 0 Å². The van der Waals surface area contributed by atoms with Gasteiger partial charge < -0.3 is 9.80 Å². The summed E-state index contributed by atoms with van der Waals surface area (Å²) in [4.78, 5) is 3.79. The first-order valence-electron chi connectivity index (χ1n) is 8.21. The molecule has 0 heterocycles. The first-order chi connectivity index (χ1) is 10.9. The Morgan fingerprint density at radius 3 is 1.30 bits per heavy atom. The Hall–Kier alpha value is 0.830. The van der Waals surface area contributed by atoms with Crippen molar-refractivity contribution in [1.29, 1.82) is 0 Å². The van der Waals surface area contributed by atoms with E-state index < -0.39 is 0 Å². The maximum absolute atomic E-state index is 5.07. The summed E-state index contributed by atoms with van der Waals surface area (Å²) >= 11 is 12.3. The van der Waals surface area contributed by atoms with Crippen molar-refractivity contribution in [3.63, 3.8) is 0 Å². The molecule has 0 radical (unpaired) electrons. The lowest BCUT2D eigenvalue weighted by molar-refractivity contribution is 0.647. The molecule has 2 nitrogen and oxygen atoms in total. The van der Waals surface area contributed by atoms with Gasteiger partial charge in [-0.25, -0.2) is 0 Å². The van der Waals surface area contributed by atoms with Gasteiger partial charge in [-0.05, 0) is 45.9 Å². The molecule has 0 bridgehead atoms. The summed E-state index contributed by atoms with van der Waals surface area (Å²) in [7, 11) is 10.7. The summed E-state index contributed by atoms with van der Waals surface area (Å²) in [6.45, 7) is 4.53. The molecule has 0 aliphatic carbocycles. The van der Waals surface area contributed by atoms with Crippen LogP contribution in [-0.4, -0.2) is 58.1 Å². The lowest BCUT2D eigenvalue weighted by Gasteiger charge is -2.15. The second-order valence-corrected chi connectivity index (χ2v) is 10.1. The van der Waals surface area contributed by atoms with Gasteiger partial charge in [-0.1, -0.05) is 64.0 Å². The summed E-state index contributed by atoms with van der Waals surface area (Å²) < 4.78 is 1.67. The predicted octanol–water partition coefficient (Wildman–Crippen LogP) is 6.16. The van der Waals surface area contributed by atoms with E-state index in [-0.39, 0.29) is 0 Å². The van der Waals surface area contributed by atoms with Crippen LogP contribution < -0.4 is 0 Å². The molecular formula is C16H34N2S5. The molecule has 138 valence electrons. The third-order valence-electron chi connectivity index (χ3n) is 2.70. The van der Waals surface area contributed by atoms with Crippen LogP contribution in [0.15, 0.2) is 0 Å². The van der Waals surface area contributed by atoms with Crippen LogP contribution in [-0.2, 0) is 0 Å². The normalized spacial score (nSPS) is 9.83. The average molecular weight is 415 g/mol. The molecule has 0 aromatic carbocycles. The van der Waals surface area contributed by atoms with Gasteiger partial charge in [0.05, 0.1) is 0 Å². The van der Waals surface area contributed by atoms with Crippen LogP contribution in [0.1, 0.15) is 52.4 Å². The zero-order valence-electron chi connectivity index (χ0n) is 15.6. The lowest BCUT2D eigenvalue weighted by atomic mass is 10.3. The molecule has 0 N–H and O–H groups in total. The van der Waals surface area contributed by atoms with E-state index in [1.165, 1.54) is 71.6 Å². The molecule has 0 aliphatic rings. The zero-order valence-corrected chi connectivity index (χ0v) is 19.7. The fourth-order valence-electron chi connectivity index (χ4n) is 1.23. The van der Waals surface area contributed by atoms with Gasteiger partial charge in [-0.2, -0.15) is 11.8 Å². The molecule has 0 saturated carbocycles. The zero-order chi connectivity index (χ0) is 18.1. The molecule has 7 heteroatoms. The van der Waals surface area contributed by atoms with Gasteiger partial charge in [-0.3, -0.25) is 0 Å². The maximum Gasteiger partial charge on any atom is 0.146 e. The van der Waals surface area contributed by atoms with Crippen LogP contribution in [0.5, 0.6) is 0 Å². The molecule has 0 aliphatic heterocycles. The molecule has 0 atom stereocenters. The predicted molar refractivity (Wildman–Crippen MR) is 124 cm³/mol. The largest absolute Gasteiger partial charge is 0.363 e. The quantitative estimate of drug-likeness (QED) is 0.263. The second-order valence-electron chi connectivity index (χ2n) is 5.51. The van der Waals surface area contributed by atoms with Crippen molar-refractivity contribution in [1.82, 2.24) is 9.80 Å². The molecular weight excluding hydrogens is 381 g/mol. The summed E-state index contributed by atoms with van der Waals surface area (Å²) in [5.41, 5.74) is 0. The Morgan fingerprint density at radius 1 is 0.696 bits per heavy atom. The smallest absolute Gasteiger partial charge is 0.146 e. The van der Waals surface area contributed by atoms with Gasteiger partial charge in [0.25, 0.3) is 0 Å². The van der Waals surface area contributed by atoms with Crippen molar-refractivity contribution in [2.75, 3.05) is 39.7 Å². The first-order valence-corrected chi connectivity index (χ1v) is 12.3. The molecule has 0 saturated heterocycles. The van der Waals surface area contributed by atoms with Crippen molar-refractivity contribution in [2.45, 2.75) is 52.4 Å². The molecule has 23 heavy (non-hydrogen) atoms. The number of hydrogen-bond donors (Lipinski definition) is 0. The number of hydrogen-bond acceptors (Lipinski definition) is 5. The van der Waals surface area contributed by atoms with E-state index in [4.69, 9.17) is 24.4 Å². The van der Waals surface area contributed by atoms with E-state index in [1.807, 2.05) is 38.0 Å². The highest BCUT2D eigenvalue weighted by molar-refractivity contribution is 8.89. The molecule has 0 aromatic heterocycles. The van der Waals surface area contributed by atoms with Crippen molar-refractivity contribution in [3.05, 3.63) is 0 Å². The first kappa shape index (κ1) is 26.1. The SMILES string of the molecule is CCCCCSCCCCC.CN(C)C(=S)SSC(=S)N(C)C. The standard InChI is InChI=1S/C10H22S.C6H12N2S4/c1-3-5-7-9-11-10-8-6-4-2;1-7(2)5(9)11-12-6(10)8(3)4/h3-10H2,1-2H3;1-4H3. The third-order valence-corrected chi connectivity index (χ3v) is 8.01. The van der Waals surface area contributed by atoms with Crippen molar-refractivity contribution >= 4 is 66.4 Å². The van der Waals surface area contributed by atoms with Crippen LogP contribution in [0.4, 0.5) is 0 Å². The topological polar surface area (TPSA) is 6.48 Å². The highest BCUT2D eigenvalue weighted by Gasteiger charge is 2.04. The van der Waals surface area contributed by atoms with Crippen LogP contribution in [0, 0.1) is 0 Å². The second kappa shape index (κ2) is 19.2. The molecule has 0 unspecified atom stereocenters. The van der Waals surface area contributed by atoms with E-state index in [0.29, 0.717) is 0 Å². The van der Waals surface area contributed by atoms with Crippen LogP contribution in [0.2, 0.25) is 0 Å². The number of unbranched alkanes of at least 4 members (excludes halogenated alkanes) is 4. The minimum absolute atomic E-state index is 0.837. The monoisotopic (exact) mass is 414 g/mol. The Bertz CT molecular complexity index is 268. The minimum atomic E-state index is 0.837. The van der Waals surface area contributed by atoms with Gasteiger partial charge in [0.2, 0.25) is 0 Å². The Kier molecular flexibility index (Phi) is 21.7. The average Bonchev–Trinajstić information content (AvgIpc) is 2.51. The molecule has 0 fully saturated rings. The number of nitrogens with zero attached hydrogens (tertiary/aromatic N) is 2. The van der Waals surface area contributed by atoms with Crippen LogP contribution >= 0.6 is 57.8 Å². The van der Waals surface area contributed by atoms with Crippen molar-refractivity contribution < 1.29 is 0 Å². The van der Waals surface area contributed by atoms with E-state index in [1.54, 1.807) is 0 Å². The van der Waals surface area contributed by atoms with Crippen molar-refractivity contribution in [3.8, 4) is 0 Å². The highest BCUT2D eigenvalue weighted by Crippen LogP contribution is 2.26. The fraction of sp³-hybridized carbons (Fsp3) is 0.875. The molecule has 0 aromatic rings. The minimum Gasteiger partial charge on any atom is -0.363 e. The van der Waals surface area contributed by atoms with Crippen molar-refractivity contribution in [2.24, 2.45) is 0 Å². The van der Waals surface area contributed by atoms with Crippen LogP contribution in [0.3, 0.4) is 0 Å². The van der Waals surface area contributed by atoms with Gasteiger partial charge in [-0.15, -0.1) is 0 Å². The van der Waals surface area contributed by atoms with Gasteiger partial charge in [0.15, 0.2) is 0 Å². The van der Waals surface area contributed by atoms with E-state index in [0.717, 1.165) is 8.64 Å². The number of thioether (sulfide) groups is 1. The summed E-state index contributed by atoms with van der Waals surface area (Å²) in [5, 5.41) is 0. The summed E-state index contributed by atoms with van der Waals surface area (Å²) in [6.07, 6.45) is 8.40. The van der Waals surface area contributed by atoms with Crippen LogP contribution in [0.25, 0.3) is 0 Å². The Morgan fingerprint density at radius 2 is 1.04 bits per heavy atom. The molecule has 0 rings (SSSR count). The molecule has 0 spiro atoms. The van der Waals surface area contributed by atoms with E-state index in [9.17, 15) is 0 Å². The summed E-state index contributed by atoms with van der Waals surface area (Å²) in [6, 6.07) is 0. The Balaban J connectivity index is 0. The highest BCUT2D eigenvalue weighted by atomic mass is 33.1. The Labute approximate surface area is 167 Å². The van der Waals surface area contributed by atoms with Gasteiger partial charge in [0.1, 0.15) is 8.64 Å².